The molecule has 4 fully saturated rings. The molecule has 0 aromatic heterocycles. The topological polar surface area (TPSA) is 80.4 Å². The first-order valence-electron chi connectivity index (χ1n) is 6.58. The van der Waals surface area contributed by atoms with E-state index in [-0.39, 0.29) is 11.7 Å². The molecule has 0 spiro atoms. The van der Waals surface area contributed by atoms with Crippen LogP contribution in [-0.2, 0) is 9.59 Å². The Morgan fingerprint density at radius 1 is 1.00 bits per heavy atom. The van der Waals surface area contributed by atoms with E-state index in [4.69, 9.17) is 10.8 Å². The number of nitrogens with two attached hydrogens (primary N) is 1. The van der Waals surface area contributed by atoms with Crippen LogP contribution in [0.2, 0.25) is 0 Å². The van der Waals surface area contributed by atoms with Crippen LogP contribution < -0.4 is 5.73 Å². The molecule has 4 rings (SSSR count). The smallest absolute Gasteiger partial charge is 0.328 e. The minimum absolute atomic E-state index is 0.0612. The van der Waals surface area contributed by atoms with Crippen molar-refractivity contribution >= 4 is 11.8 Å². The van der Waals surface area contributed by atoms with E-state index in [1.54, 1.807) is 0 Å². The van der Waals surface area contributed by atoms with Gasteiger partial charge in [0.1, 0.15) is 0 Å². The van der Waals surface area contributed by atoms with Crippen molar-refractivity contribution in [2.75, 3.05) is 0 Å². The van der Waals surface area contributed by atoms with Gasteiger partial charge in [0.25, 0.3) is 0 Å². The van der Waals surface area contributed by atoms with Crippen molar-refractivity contribution in [3.8, 4) is 0 Å². The molecule has 4 aliphatic carbocycles. The zero-order valence-electron chi connectivity index (χ0n) is 9.84. The molecule has 4 aliphatic rings. The maximum atomic E-state index is 12.2. The first kappa shape index (κ1) is 11.2. The van der Waals surface area contributed by atoms with Gasteiger partial charge in [-0.15, -0.1) is 0 Å². The van der Waals surface area contributed by atoms with E-state index in [0.29, 0.717) is 11.8 Å². The molecular weight excluding hydrogens is 218 g/mol. The molecule has 17 heavy (non-hydrogen) atoms. The number of hydrogen-bond acceptors (Lipinski definition) is 3. The Labute approximate surface area is 101 Å². The summed E-state index contributed by atoms with van der Waals surface area (Å²) < 4.78 is 0. The lowest BCUT2D eigenvalue weighted by Crippen LogP contribution is -2.53. The molecular formula is C13H19NO3. The lowest BCUT2D eigenvalue weighted by molar-refractivity contribution is -0.148. The molecule has 1 atom stereocenters. The molecule has 4 bridgehead atoms. The van der Waals surface area contributed by atoms with E-state index in [0.717, 1.165) is 37.5 Å². The van der Waals surface area contributed by atoms with Crippen LogP contribution in [0, 0.1) is 29.6 Å². The predicted molar refractivity (Wildman–Crippen MR) is 61.2 cm³/mol. The van der Waals surface area contributed by atoms with Gasteiger partial charge in [0.05, 0.1) is 0 Å². The number of carbonyl (C=O) groups excluding carboxylic acids is 1. The number of carbonyl (C=O) groups is 2. The van der Waals surface area contributed by atoms with Crippen LogP contribution in [0.1, 0.15) is 32.1 Å². The van der Waals surface area contributed by atoms with Crippen molar-refractivity contribution in [2.45, 2.75) is 38.1 Å². The Bertz CT molecular complexity index is 338. The Morgan fingerprint density at radius 2 is 1.47 bits per heavy atom. The molecule has 3 N–H and O–H groups in total. The maximum absolute atomic E-state index is 12.2. The van der Waals surface area contributed by atoms with Gasteiger partial charge in [-0.05, 0) is 55.8 Å². The van der Waals surface area contributed by atoms with Crippen molar-refractivity contribution in [3.05, 3.63) is 0 Å². The van der Waals surface area contributed by atoms with Crippen molar-refractivity contribution in [1.29, 1.82) is 0 Å². The lowest BCUT2D eigenvalue weighted by atomic mass is 9.51. The van der Waals surface area contributed by atoms with E-state index in [1.807, 2.05) is 0 Å². The fourth-order valence-corrected chi connectivity index (χ4v) is 4.72. The second-order valence-corrected chi connectivity index (χ2v) is 6.17. The third kappa shape index (κ3) is 1.69. The van der Waals surface area contributed by atoms with E-state index in [1.165, 1.54) is 6.42 Å². The van der Waals surface area contributed by atoms with Crippen molar-refractivity contribution < 1.29 is 14.7 Å². The van der Waals surface area contributed by atoms with Gasteiger partial charge in [-0.3, -0.25) is 9.59 Å². The Hall–Kier alpha value is -0.900. The fraction of sp³-hybridized carbons (Fsp3) is 0.846. The molecule has 0 aromatic rings. The van der Waals surface area contributed by atoms with Gasteiger partial charge in [0.2, 0.25) is 0 Å². The number of hydrogen-bond donors (Lipinski definition) is 2. The molecule has 0 amide bonds. The van der Waals surface area contributed by atoms with Crippen molar-refractivity contribution in [3.63, 3.8) is 0 Å². The molecule has 0 radical (unpaired) electrons. The SMILES string of the molecule is NC(C(=O)O)C(=O)C1C2CC3CC(C2)CC1C3. The second-order valence-electron chi connectivity index (χ2n) is 6.17. The third-order valence-electron chi connectivity index (χ3n) is 5.13. The lowest BCUT2D eigenvalue weighted by Gasteiger charge is -2.54. The highest BCUT2D eigenvalue weighted by atomic mass is 16.4. The summed E-state index contributed by atoms with van der Waals surface area (Å²) in [7, 11) is 0. The highest BCUT2D eigenvalue weighted by Gasteiger charge is 2.51. The van der Waals surface area contributed by atoms with Gasteiger partial charge in [-0.25, -0.2) is 0 Å². The minimum atomic E-state index is -1.31. The highest BCUT2D eigenvalue weighted by molar-refractivity contribution is 6.03. The molecule has 0 aromatic carbocycles. The zero-order valence-corrected chi connectivity index (χ0v) is 9.84. The standard InChI is InChI=1S/C13H19NO3/c14-11(13(16)17)12(15)10-8-2-6-1-7(4-8)5-9(10)3-6/h6-11H,1-5,14H2,(H,16,17). The van der Waals surface area contributed by atoms with Crippen LogP contribution in [-0.4, -0.2) is 22.9 Å². The molecule has 94 valence electrons. The van der Waals surface area contributed by atoms with Crippen LogP contribution >= 0.6 is 0 Å². The van der Waals surface area contributed by atoms with Crippen LogP contribution in [0.4, 0.5) is 0 Å². The zero-order chi connectivity index (χ0) is 12.2. The normalized spacial score (nSPS) is 44.6. The van der Waals surface area contributed by atoms with Gasteiger partial charge in [0, 0.05) is 5.92 Å². The molecule has 4 nitrogen and oxygen atoms in total. The Morgan fingerprint density at radius 3 is 1.88 bits per heavy atom. The quantitative estimate of drug-likeness (QED) is 0.719. The van der Waals surface area contributed by atoms with E-state index in [9.17, 15) is 9.59 Å². The largest absolute Gasteiger partial charge is 0.480 e. The monoisotopic (exact) mass is 237 g/mol. The van der Waals surface area contributed by atoms with Gasteiger partial charge < -0.3 is 10.8 Å². The average molecular weight is 237 g/mol. The van der Waals surface area contributed by atoms with E-state index >= 15 is 0 Å². The molecule has 4 saturated carbocycles. The predicted octanol–water partition coefficient (Wildman–Crippen LogP) is 1.04. The summed E-state index contributed by atoms with van der Waals surface area (Å²) in [6.07, 6.45) is 5.82. The minimum Gasteiger partial charge on any atom is -0.480 e. The molecule has 0 saturated heterocycles. The number of ketones is 1. The summed E-state index contributed by atoms with van der Waals surface area (Å²) in [6.45, 7) is 0. The molecule has 0 aliphatic heterocycles. The summed E-state index contributed by atoms with van der Waals surface area (Å²) in [5.74, 6) is 0.975. The maximum Gasteiger partial charge on any atom is 0.328 e. The number of carboxylic acids is 1. The first-order chi connectivity index (χ1) is 8.06. The molecule has 1 unspecified atom stereocenters. The second kappa shape index (κ2) is 3.80. The third-order valence-corrected chi connectivity index (χ3v) is 5.13. The van der Waals surface area contributed by atoms with Crippen molar-refractivity contribution in [1.82, 2.24) is 0 Å². The number of Topliss-reactive ketones (excluding diaryl/α,β-unsaturated/α-hetero) is 1. The average Bonchev–Trinajstić information content (AvgIpc) is 2.26. The van der Waals surface area contributed by atoms with Gasteiger partial charge in [0.15, 0.2) is 11.8 Å². The molecule has 0 heterocycles. The van der Waals surface area contributed by atoms with Gasteiger partial charge in [-0.2, -0.15) is 0 Å². The number of rotatable bonds is 3. The Balaban J connectivity index is 1.80. The summed E-state index contributed by atoms with van der Waals surface area (Å²) >= 11 is 0. The van der Waals surface area contributed by atoms with Gasteiger partial charge in [-0.1, -0.05) is 0 Å². The van der Waals surface area contributed by atoms with Gasteiger partial charge >= 0.3 is 5.97 Å². The van der Waals surface area contributed by atoms with Crippen LogP contribution in [0.3, 0.4) is 0 Å². The fourth-order valence-electron chi connectivity index (χ4n) is 4.72. The molecule has 4 heteroatoms. The summed E-state index contributed by atoms with van der Waals surface area (Å²) in [4.78, 5) is 23.0. The van der Waals surface area contributed by atoms with Crippen LogP contribution in [0.25, 0.3) is 0 Å². The summed E-state index contributed by atoms with van der Waals surface area (Å²) in [5, 5.41) is 8.86. The summed E-state index contributed by atoms with van der Waals surface area (Å²) in [5.41, 5.74) is 5.49. The van der Waals surface area contributed by atoms with E-state index < -0.39 is 12.0 Å². The van der Waals surface area contributed by atoms with Crippen LogP contribution in [0.5, 0.6) is 0 Å². The number of carboxylic acid groups (broad SMARTS) is 1. The number of aliphatic carboxylic acids is 1. The van der Waals surface area contributed by atoms with E-state index in [2.05, 4.69) is 0 Å². The first-order valence-corrected chi connectivity index (χ1v) is 6.58. The van der Waals surface area contributed by atoms with Crippen LogP contribution in [0.15, 0.2) is 0 Å². The highest BCUT2D eigenvalue weighted by Crippen LogP contribution is 2.56. The summed E-state index contributed by atoms with van der Waals surface area (Å²) in [6, 6.07) is -1.31. The van der Waals surface area contributed by atoms with Crippen molar-refractivity contribution in [2.24, 2.45) is 35.3 Å². The Kier molecular flexibility index (Phi) is 2.51.